The second-order valence-electron chi connectivity index (χ2n) is 8.97. The van der Waals surface area contributed by atoms with Gasteiger partial charge in [0.2, 0.25) is 15.9 Å². The van der Waals surface area contributed by atoms with E-state index in [0.717, 1.165) is 18.8 Å². The van der Waals surface area contributed by atoms with Gasteiger partial charge in [-0.25, -0.2) is 8.42 Å². The van der Waals surface area contributed by atoms with Crippen molar-refractivity contribution in [2.24, 2.45) is 0 Å². The van der Waals surface area contributed by atoms with E-state index in [1.54, 1.807) is 18.2 Å². The fourth-order valence-corrected chi connectivity index (χ4v) is 6.01. The predicted molar refractivity (Wildman–Crippen MR) is 132 cm³/mol. The topological polar surface area (TPSA) is 112 Å². The molecule has 35 heavy (non-hydrogen) atoms. The second kappa shape index (κ2) is 11.2. The molecule has 1 aromatic heterocycles. The first-order valence-electron chi connectivity index (χ1n) is 12.0. The molecule has 3 heterocycles. The molecule has 2 aliphatic heterocycles. The minimum Gasteiger partial charge on any atom is -0.455 e. The number of anilines is 1. The van der Waals surface area contributed by atoms with Crippen molar-refractivity contribution in [3.8, 4) is 0 Å². The quantitative estimate of drug-likeness (QED) is 0.539. The monoisotopic (exact) mass is 500 g/mol. The van der Waals surface area contributed by atoms with Crippen molar-refractivity contribution in [1.82, 2.24) is 14.5 Å². The summed E-state index contributed by atoms with van der Waals surface area (Å²) >= 11 is 0. The van der Waals surface area contributed by atoms with Crippen LogP contribution in [0.15, 0.2) is 58.4 Å². The summed E-state index contributed by atoms with van der Waals surface area (Å²) in [6.07, 6.45) is 5.49. The van der Waals surface area contributed by atoms with Gasteiger partial charge in [0.1, 0.15) is 5.76 Å². The highest BCUT2D eigenvalue weighted by Crippen LogP contribution is 2.23. The zero-order valence-corrected chi connectivity index (χ0v) is 20.6. The number of benzene rings is 1. The van der Waals surface area contributed by atoms with Crippen LogP contribution in [-0.2, 0) is 21.4 Å². The predicted octanol–water partition coefficient (Wildman–Crippen LogP) is 2.97. The highest BCUT2D eigenvalue weighted by molar-refractivity contribution is 7.89. The number of rotatable bonds is 8. The summed E-state index contributed by atoms with van der Waals surface area (Å²) in [7, 11) is -3.68. The number of nitrogens with one attached hydrogen (secondary N) is 2. The van der Waals surface area contributed by atoms with E-state index in [-0.39, 0.29) is 28.5 Å². The normalized spacial score (nSPS) is 19.7. The van der Waals surface area contributed by atoms with Crippen molar-refractivity contribution < 1.29 is 22.4 Å². The Morgan fingerprint density at radius 2 is 1.74 bits per heavy atom. The molecule has 0 spiro atoms. The number of carbonyl (C=O) groups is 2. The zero-order chi connectivity index (χ0) is 24.8. The third-order valence-electron chi connectivity index (χ3n) is 6.43. The van der Waals surface area contributed by atoms with E-state index in [1.807, 2.05) is 6.07 Å². The van der Waals surface area contributed by atoms with Crippen molar-refractivity contribution in [3.63, 3.8) is 0 Å². The van der Waals surface area contributed by atoms with E-state index in [4.69, 9.17) is 4.42 Å². The van der Waals surface area contributed by atoms with E-state index in [9.17, 15) is 18.0 Å². The van der Waals surface area contributed by atoms with Gasteiger partial charge in [-0.3, -0.25) is 14.5 Å². The molecule has 4 rings (SSSR count). The molecule has 2 fully saturated rings. The van der Waals surface area contributed by atoms with Crippen molar-refractivity contribution in [2.45, 2.75) is 49.6 Å². The maximum absolute atomic E-state index is 13.1. The van der Waals surface area contributed by atoms with Crippen molar-refractivity contribution >= 4 is 27.5 Å². The largest absolute Gasteiger partial charge is 0.455 e. The third kappa shape index (κ3) is 6.39. The Balaban J connectivity index is 1.34. The molecule has 2 aliphatic rings. The lowest BCUT2D eigenvalue weighted by Gasteiger charge is -2.20. The first kappa shape index (κ1) is 25.2. The molecule has 2 N–H and O–H groups in total. The minimum absolute atomic E-state index is 0.0734. The van der Waals surface area contributed by atoms with Gasteiger partial charge in [0.05, 0.1) is 11.4 Å². The van der Waals surface area contributed by atoms with Crippen LogP contribution in [0, 0.1) is 0 Å². The molecule has 2 saturated heterocycles. The van der Waals surface area contributed by atoms with Gasteiger partial charge in [0.15, 0.2) is 5.76 Å². The highest BCUT2D eigenvalue weighted by Gasteiger charge is 2.28. The Morgan fingerprint density at radius 1 is 1.00 bits per heavy atom. The lowest BCUT2D eigenvalue weighted by molar-refractivity contribution is -0.117. The standard InChI is InChI=1S/C25H32N4O5S/c1-2-24(30)26-19-6-5-16-29(17-13-19)35(32,33)22-10-7-20(8-11-22)27-25(31)23-12-9-21(34-23)18-28-14-3-4-15-28/h2,7-12,19H,1,3-6,13-18H2,(H,26,30)(H,27,31). The third-order valence-corrected chi connectivity index (χ3v) is 8.35. The lowest BCUT2D eigenvalue weighted by atomic mass is 10.1. The number of carbonyl (C=O) groups excluding carboxylic acids is 2. The fourth-order valence-electron chi connectivity index (χ4n) is 4.51. The van der Waals surface area contributed by atoms with Gasteiger partial charge in [-0.05, 0) is 87.7 Å². The molecule has 2 amide bonds. The first-order valence-corrected chi connectivity index (χ1v) is 13.4. The van der Waals surface area contributed by atoms with Crippen LogP contribution in [0.5, 0.6) is 0 Å². The Kier molecular flexibility index (Phi) is 8.04. The van der Waals surface area contributed by atoms with Crippen LogP contribution in [0.2, 0.25) is 0 Å². The summed E-state index contributed by atoms with van der Waals surface area (Å²) in [6.45, 7) is 6.94. The van der Waals surface area contributed by atoms with Gasteiger partial charge < -0.3 is 15.1 Å². The number of sulfonamides is 1. The Labute approximate surface area is 206 Å². The number of likely N-dealkylation sites (tertiary alicyclic amines) is 1. The van der Waals surface area contributed by atoms with Gasteiger partial charge in [-0.15, -0.1) is 0 Å². The smallest absolute Gasteiger partial charge is 0.291 e. The van der Waals surface area contributed by atoms with Gasteiger partial charge in [0, 0.05) is 24.8 Å². The van der Waals surface area contributed by atoms with Crippen LogP contribution in [0.25, 0.3) is 0 Å². The molecule has 1 atom stereocenters. The van der Waals surface area contributed by atoms with E-state index in [2.05, 4.69) is 22.1 Å². The van der Waals surface area contributed by atoms with E-state index >= 15 is 0 Å². The minimum atomic E-state index is -3.68. The second-order valence-corrected chi connectivity index (χ2v) is 10.9. The van der Waals surface area contributed by atoms with Gasteiger partial charge in [0.25, 0.3) is 5.91 Å². The maximum atomic E-state index is 13.1. The molecule has 1 aromatic carbocycles. The molecule has 0 radical (unpaired) electrons. The van der Waals surface area contributed by atoms with Crippen LogP contribution in [0.4, 0.5) is 5.69 Å². The average Bonchev–Trinajstić information content (AvgIpc) is 3.48. The van der Waals surface area contributed by atoms with E-state index < -0.39 is 10.0 Å². The number of amides is 2. The van der Waals surface area contributed by atoms with E-state index in [0.29, 0.717) is 44.6 Å². The summed E-state index contributed by atoms with van der Waals surface area (Å²) in [6, 6.07) is 9.53. The number of furan rings is 1. The fraction of sp³-hybridized carbons (Fsp3) is 0.440. The molecule has 188 valence electrons. The summed E-state index contributed by atoms with van der Waals surface area (Å²) in [5.74, 6) is 0.343. The van der Waals surface area contributed by atoms with Crippen molar-refractivity contribution in [3.05, 3.63) is 60.6 Å². The molecule has 0 saturated carbocycles. The molecule has 0 aliphatic carbocycles. The number of hydrogen-bond acceptors (Lipinski definition) is 6. The molecular formula is C25H32N4O5S. The SMILES string of the molecule is C=CC(=O)NC1CCCN(S(=O)(=O)c2ccc(NC(=O)c3ccc(CN4CCCC4)o3)cc2)CC1. The zero-order valence-electron chi connectivity index (χ0n) is 19.7. The number of hydrogen-bond donors (Lipinski definition) is 2. The van der Waals surface area contributed by atoms with Crippen molar-refractivity contribution in [1.29, 1.82) is 0 Å². The van der Waals surface area contributed by atoms with Crippen molar-refractivity contribution in [2.75, 3.05) is 31.5 Å². The molecule has 10 heteroatoms. The van der Waals surface area contributed by atoms with Gasteiger partial charge in [-0.2, -0.15) is 4.31 Å². The summed E-state index contributed by atoms with van der Waals surface area (Å²) in [5.41, 5.74) is 0.481. The number of nitrogens with zero attached hydrogens (tertiary/aromatic N) is 2. The van der Waals surface area contributed by atoms with Gasteiger partial charge in [-0.1, -0.05) is 6.58 Å². The molecule has 0 bridgehead atoms. The van der Waals surface area contributed by atoms with Crippen LogP contribution >= 0.6 is 0 Å². The maximum Gasteiger partial charge on any atom is 0.291 e. The van der Waals surface area contributed by atoms with Gasteiger partial charge >= 0.3 is 0 Å². The van der Waals surface area contributed by atoms with E-state index in [1.165, 1.54) is 35.4 Å². The summed E-state index contributed by atoms with van der Waals surface area (Å²) < 4.78 is 33.4. The Hall–Kier alpha value is -2.95. The molecule has 2 aromatic rings. The van der Waals surface area contributed by atoms with Crippen LogP contribution in [0.1, 0.15) is 48.4 Å². The summed E-state index contributed by atoms with van der Waals surface area (Å²) in [4.78, 5) is 26.6. The Bertz CT molecular complexity index is 1150. The molecule has 1 unspecified atom stereocenters. The van der Waals surface area contributed by atoms with Crippen LogP contribution in [0.3, 0.4) is 0 Å². The summed E-state index contributed by atoms with van der Waals surface area (Å²) in [5, 5.41) is 5.61. The molecule has 9 nitrogen and oxygen atoms in total. The average molecular weight is 501 g/mol. The van der Waals surface area contributed by atoms with Crippen LogP contribution < -0.4 is 10.6 Å². The first-order chi connectivity index (χ1) is 16.8. The Morgan fingerprint density at radius 3 is 2.46 bits per heavy atom. The lowest BCUT2D eigenvalue weighted by Crippen LogP contribution is -2.36. The highest BCUT2D eigenvalue weighted by atomic mass is 32.2. The van der Waals surface area contributed by atoms with Crippen LogP contribution in [-0.4, -0.2) is 61.7 Å². The molecular weight excluding hydrogens is 468 g/mol.